The van der Waals surface area contributed by atoms with E-state index in [2.05, 4.69) is 36.4 Å². The van der Waals surface area contributed by atoms with Gasteiger partial charge in [0.15, 0.2) is 5.96 Å². The van der Waals surface area contributed by atoms with Gasteiger partial charge in [-0.15, -0.1) is 0 Å². The summed E-state index contributed by atoms with van der Waals surface area (Å²) < 4.78 is 0. The SMILES string of the molecule is CCNC(=NCc1cccc(Cl)c1)NC(C)C. The number of hydrogen-bond donors (Lipinski definition) is 2. The third-order valence-electron chi connectivity index (χ3n) is 2.08. The molecular formula is C13H20ClN3. The summed E-state index contributed by atoms with van der Waals surface area (Å²) in [5.41, 5.74) is 1.11. The van der Waals surface area contributed by atoms with Gasteiger partial charge in [0.25, 0.3) is 0 Å². The molecule has 17 heavy (non-hydrogen) atoms. The van der Waals surface area contributed by atoms with Crippen LogP contribution in [0, 0.1) is 0 Å². The Hall–Kier alpha value is -1.22. The molecule has 0 unspecified atom stereocenters. The van der Waals surface area contributed by atoms with Gasteiger partial charge in [-0.05, 0) is 38.5 Å². The van der Waals surface area contributed by atoms with Crippen molar-refractivity contribution in [1.29, 1.82) is 0 Å². The van der Waals surface area contributed by atoms with Gasteiger partial charge in [0.1, 0.15) is 0 Å². The van der Waals surface area contributed by atoms with Crippen LogP contribution >= 0.6 is 11.6 Å². The van der Waals surface area contributed by atoms with Gasteiger partial charge in [-0.2, -0.15) is 0 Å². The van der Waals surface area contributed by atoms with Crippen molar-refractivity contribution in [2.45, 2.75) is 33.4 Å². The van der Waals surface area contributed by atoms with Crippen LogP contribution in [0.15, 0.2) is 29.3 Å². The lowest BCUT2D eigenvalue weighted by Crippen LogP contribution is -2.40. The Bertz CT molecular complexity index is 375. The summed E-state index contributed by atoms with van der Waals surface area (Å²) in [6.07, 6.45) is 0. The van der Waals surface area contributed by atoms with Crippen molar-refractivity contribution in [2.24, 2.45) is 4.99 Å². The molecule has 2 N–H and O–H groups in total. The Morgan fingerprint density at radius 2 is 2.18 bits per heavy atom. The zero-order valence-electron chi connectivity index (χ0n) is 10.6. The van der Waals surface area contributed by atoms with Crippen molar-refractivity contribution in [1.82, 2.24) is 10.6 Å². The third kappa shape index (κ3) is 5.59. The van der Waals surface area contributed by atoms with Crippen molar-refractivity contribution in [2.75, 3.05) is 6.54 Å². The number of halogens is 1. The van der Waals surface area contributed by atoms with Crippen LogP contribution in [0.1, 0.15) is 26.3 Å². The first kappa shape index (κ1) is 13.8. The average molecular weight is 254 g/mol. The lowest BCUT2D eigenvalue weighted by atomic mass is 10.2. The molecule has 94 valence electrons. The minimum absolute atomic E-state index is 0.368. The molecule has 0 atom stereocenters. The molecule has 0 saturated heterocycles. The molecule has 0 aliphatic heterocycles. The fraction of sp³-hybridized carbons (Fsp3) is 0.462. The summed E-state index contributed by atoms with van der Waals surface area (Å²) in [5, 5.41) is 7.23. The Morgan fingerprint density at radius 1 is 1.41 bits per heavy atom. The van der Waals surface area contributed by atoms with Crippen molar-refractivity contribution < 1.29 is 0 Å². The molecule has 0 spiro atoms. The van der Waals surface area contributed by atoms with Crippen molar-refractivity contribution in [3.05, 3.63) is 34.9 Å². The third-order valence-corrected chi connectivity index (χ3v) is 2.31. The molecule has 1 aromatic carbocycles. The molecule has 0 aromatic heterocycles. The maximum absolute atomic E-state index is 5.93. The van der Waals surface area contributed by atoms with Crippen molar-refractivity contribution >= 4 is 17.6 Å². The Kier molecular flexibility index (Phi) is 5.84. The van der Waals surface area contributed by atoms with Crippen molar-refractivity contribution in [3.63, 3.8) is 0 Å². The molecule has 0 radical (unpaired) electrons. The highest BCUT2D eigenvalue weighted by Gasteiger charge is 1.99. The first-order valence-corrected chi connectivity index (χ1v) is 6.29. The predicted molar refractivity (Wildman–Crippen MR) is 74.5 cm³/mol. The number of nitrogens with one attached hydrogen (secondary N) is 2. The van der Waals surface area contributed by atoms with Crippen LogP contribution in [0.3, 0.4) is 0 Å². The zero-order valence-corrected chi connectivity index (χ0v) is 11.4. The Morgan fingerprint density at radius 3 is 2.76 bits per heavy atom. The topological polar surface area (TPSA) is 36.4 Å². The number of benzene rings is 1. The van der Waals surface area contributed by atoms with Gasteiger partial charge in [-0.25, -0.2) is 4.99 Å². The second-order valence-electron chi connectivity index (χ2n) is 4.12. The number of aliphatic imine (C=N–C) groups is 1. The van der Waals surface area contributed by atoms with Gasteiger partial charge < -0.3 is 10.6 Å². The van der Waals surface area contributed by atoms with E-state index in [1.54, 1.807) is 0 Å². The normalized spacial score (nSPS) is 11.7. The minimum atomic E-state index is 0.368. The highest BCUT2D eigenvalue weighted by molar-refractivity contribution is 6.30. The van der Waals surface area contributed by atoms with E-state index < -0.39 is 0 Å². The second kappa shape index (κ2) is 7.17. The summed E-state index contributed by atoms with van der Waals surface area (Å²) in [5.74, 6) is 0.836. The van der Waals surface area contributed by atoms with Crippen LogP contribution in [0.4, 0.5) is 0 Å². The predicted octanol–water partition coefficient (Wildman–Crippen LogP) is 2.80. The largest absolute Gasteiger partial charge is 0.357 e. The van der Waals surface area contributed by atoms with Gasteiger partial charge >= 0.3 is 0 Å². The van der Waals surface area contributed by atoms with Crippen LogP contribution in [-0.4, -0.2) is 18.5 Å². The van der Waals surface area contributed by atoms with Crippen molar-refractivity contribution in [3.8, 4) is 0 Å². The molecular weight excluding hydrogens is 234 g/mol. The minimum Gasteiger partial charge on any atom is -0.357 e. The number of nitrogens with zero attached hydrogens (tertiary/aromatic N) is 1. The summed E-state index contributed by atoms with van der Waals surface area (Å²) in [6, 6.07) is 8.13. The molecule has 0 saturated carbocycles. The highest BCUT2D eigenvalue weighted by Crippen LogP contribution is 2.11. The summed E-state index contributed by atoms with van der Waals surface area (Å²) in [7, 11) is 0. The van der Waals surface area contributed by atoms with E-state index >= 15 is 0 Å². The molecule has 0 aliphatic rings. The van der Waals surface area contributed by atoms with E-state index in [1.165, 1.54) is 0 Å². The van der Waals surface area contributed by atoms with E-state index in [0.717, 1.165) is 23.1 Å². The molecule has 4 heteroatoms. The maximum atomic E-state index is 5.93. The van der Waals surface area contributed by atoms with Gasteiger partial charge in [0.05, 0.1) is 6.54 Å². The second-order valence-corrected chi connectivity index (χ2v) is 4.56. The Balaban J connectivity index is 2.64. The number of hydrogen-bond acceptors (Lipinski definition) is 1. The summed E-state index contributed by atoms with van der Waals surface area (Å²) >= 11 is 5.93. The van der Waals surface area contributed by atoms with E-state index in [4.69, 9.17) is 11.6 Å². The highest BCUT2D eigenvalue weighted by atomic mass is 35.5. The lowest BCUT2D eigenvalue weighted by molar-refractivity contribution is 0.700. The molecule has 1 aromatic rings. The van der Waals surface area contributed by atoms with Crippen LogP contribution in [0.2, 0.25) is 5.02 Å². The summed E-state index contributed by atoms with van der Waals surface area (Å²) in [6.45, 7) is 7.71. The van der Waals surface area contributed by atoms with Crippen LogP contribution in [-0.2, 0) is 6.54 Å². The monoisotopic (exact) mass is 253 g/mol. The maximum Gasteiger partial charge on any atom is 0.191 e. The van der Waals surface area contributed by atoms with Gasteiger partial charge in [0, 0.05) is 17.6 Å². The molecule has 3 nitrogen and oxygen atoms in total. The van der Waals surface area contributed by atoms with Gasteiger partial charge in [0.2, 0.25) is 0 Å². The number of rotatable bonds is 4. The van der Waals surface area contributed by atoms with E-state index in [0.29, 0.717) is 12.6 Å². The molecule has 0 bridgehead atoms. The first-order valence-electron chi connectivity index (χ1n) is 5.91. The first-order chi connectivity index (χ1) is 8.11. The van der Waals surface area contributed by atoms with E-state index in [1.807, 2.05) is 24.3 Å². The fourth-order valence-corrected chi connectivity index (χ4v) is 1.61. The standard InChI is InChI=1S/C13H20ClN3/c1-4-15-13(17-10(2)3)16-9-11-6-5-7-12(14)8-11/h5-8,10H,4,9H2,1-3H3,(H2,15,16,17). The molecule has 0 aliphatic carbocycles. The van der Waals surface area contributed by atoms with Crippen LogP contribution in [0.25, 0.3) is 0 Å². The quantitative estimate of drug-likeness (QED) is 0.640. The van der Waals surface area contributed by atoms with E-state index in [-0.39, 0.29) is 0 Å². The van der Waals surface area contributed by atoms with Crippen LogP contribution < -0.4 is 10.6 Å². The lowest BCUT2D eigenvalue weighted by Gasteiger charge is -2.13. The van der Waals surface area contributed by atoms with Crippen LogP contribution in [0.5, 0.6) is 0 Å². The molecule has 1 rings (SSSR count). The molecule has 0 heterocycles. The zero-order chi connectivity index (χ0) is 12.7. The van der Waals surface area contributed by atoms with E-state index in [9.17, 15) is 0 Å². The molecule has 0 fully saturated rings. The Labute approximate surface area is 108 Å². The smallest absolute Gasteiger partial charge is 0.191 e. The average Bonchev–Trinajstić information content (AvgIpc) is 2.26. The molecule has 0 amide bonds. The fourth-order valence-electron chi connectivity index (χ4n) is 1.40. The number of guanidine groups is 1. The van der Waals surface area contributed by atoms with Gasteiger partial charge in [-0.1, -0.05) is 23.7 Å². The summed E-state index contributed by atoms with van der Waals surface area (Å²) in [4.78, 5) is 4.50. The van der Waals surface area contributed by atoms with Gasteiger partial charge in [-0.3, -0.25) is 0 Å².